The number of aryl methyl sites for hydroxylation is 2. The lowest BCUT2D eigenvalue weighted by Gasteiger charge is -2.48. The van der Waals surface area contributed by atoms with Crippen molar-refractivity contribution in [2.24, 2.45) is 11.8 Å². The molecule has 7 rings (SSSR count). The third-order valence-electron chi connectivity index (χ3n) is 12.2. The van der Waals surface area contributed by atoms with Crippen molar-refractivity contribution in [1.29, 1.82) is 0 Å². The third kappa shape index (κ3) is 7.52. The lowest BCUT2D eigenvalue weighted by atomic mass is 9.65. The van der Waals surface area contributed by atoms with Gasteiger partial charge in [-0.1, -0.05) is 38.8 Å². The van der Waals surface area contributed by atoms with E-state index in [0.717, 1.165) is 18.4 Å². The zero-order valence-electron chi connectivity index (χ0n) is 32.0. The van der Waals surface area contributed by atoms with Crippen LogP contribution in [0.4, 0.5) is 9.18 Å². The lowest BCUT2D eigenvalue weighted by molar-refractivity contribution is -0.144. The summed E-state index contributed by atoms with van der Waals surface area (Å²) in [6.45, 7) is 7.37. The Morgan fingerprint density at radius 2 is 1.91 bits per heavy atom. The Morgan fingerprint density at radius 1 is 1.13 bits per heavy atom. The molecule has 4 heterocycles. The number of hydrogen-bond donors (Lipinski definition) is 3. The van der Waals surface area contributed by atoms with Crippen molar-refractivity contribution in [2.75, 3.05) is 13.2 Å². The van der Waals surface area contributed by atoms with Gasteiger partial charge in [0.25, 0.3) is 5.91 Å². The van der Waals surface area contributed by atoms with Crippen LogP contribution in [-0.4, -0.2) is 83.2 Å². The molecular weight excluding hydrogens is 730 g/mol. The highest BCUT2D eigenvalue weighted by Crippen LogP contribution is 2.47. The Morgan fingerprint density at radius 3 is 2.62 bits per heavy atom. The average Bonchev–Trinajstić information content (AvgIpc) is 3.79. The molecule has 0 radical (unpaired) electrons. The fraction of sp³-hybridized carbons (Fsp3) is 0.625. The van der Waals surface area contributed by atoms with Crippen LogP contribution in [0.5, 0.6) is 5.75 Å². The van der Waals surface area contributed by atoms with E-state index in [4.69, 9.17) is 9.47 Å². The van der Waals surface area contributed by atoms with E-state index in [0.29, 0.717) is 73.7 Å². The number of nitrogens with one attached hydrogen (secondary N) is 3. The second-order valence-corrected chi connectivity index (χ2v) is 19.1. The first kappa shape index (κ1) is 39.0. The van der Waals surface area contributed by atoms with Crippen molar-refractivity contribution in [1.82, 2.24) is 25.2 Å². The fourth-order valence-corrected chi connectivity index (χ4v) is 9.77. The topological polar surface area (TPSA) is 173 Å². The van der Waals surface area contributed by atoms with E-state index in [1.807, 2.05) is 26.0 Å². The summed E-state index contributed by atoms with van der Waals surface area (Å²) in [5.74, 6) is -2.20. The van der Waals surface area contributed by atoms with Gasteiger partial charge in [0, 0.05) is 23.3 Å². The number of aromatic nitrogens is 1. The smallest absolute Gasteiger partial charge is 0.407 e. The number of alkyl carbamates (subject to hydrolysis) is 1. The molecule has 4 amide bonds. The molecule has 1 saturated heterocycles. The Bertz CT molecular complexity index is 2040. The van der Waals surface area contributed by atoms with Gasteiger partial charge in [-0.05, 0) is 95.8 Å². The van der Waals surface area contributed by atoms with Crippen LogP contribution in [0.2, 0.25) is 0 Å². The summed E-state index contributed by atoms with van der Waals surface area (Å²) in [7, 11) is -4.02. The molecule has 1 spiro atoms. The molecule has 3 fully saturated rings. The maximum Gasteiger partial charge on any atom is 0.407 e. The van der Waals surface area contributed by atoms with E-state index in [-0.39, 0.29) is 31.9 Å². The second kappa shape index (κ2) is 14.7. The van der Waals surface area contributed by atoms with Crippen molar-refractivity contribution in [2.45, 2.75) is 133 Å². The minimum atomic E-state index is -4.02. The van der Waals surface area contributed by atoms with Crippen LogP contribution in [0, 0.1) is 24.6 Å². The maximum absolute atomic E-state index is 14.7. The molecule has 13 nitrogen and oxygen atoms in total. The Balaban J connectivity index is 1.24. The van der Waals surface area contributed by atoms with Gasteiger partial charge in [0.05, 0.1) is 29.1 Å². The number of halogens is 1. The number of carbonyl (C=O) groups is 4. The van der Waals surface area contributed by atoms with Gasteiger partial charge in [0.2, 0.25) is 21.8 Å². The van der Waals surface area contributed by atoms with Crippen LogP contribution in [-0.2, 0) is 35.6 Å². The molecule has 2 aromatic rings. The number of allylic oxidation sites excluding steroid dienone is 1. The summed E-state index contributed by atoms with van der Waals surface area (Å²) in [5.41, 5.74) is -0.589. The number of ether oxygens (including phenoxy) is 2. The Labute approximate surface area is 321 Å². The summed E-state index contributed by atoms with van der Waals surface area (Å²) in [4.78, 5) is 62.7. The molecule has 1 aromatic heterocycles. The lowest BCUT2D eigenvalue weighted by Crippen LogP contribution is -2.70. The van der Waals surface area contributed by atoms with E-state index in [2.05, 4.69) is 20.3 Å². The summed E-state index contributed by atoms with van der Waals surface area (Å²) in [5, 5.41) is 6.38. The molecule has 2 saturated carbocycles. The molecule has 1 aromatic carbocycles. The van der Waals surface area contributed by atoms with E-state index >= 15 is 0 Å². The number of pyridine rings is 1. The van der Waals surface area contributed by atoms with E-state index < -0.39 is 73.5 Å². The number of amides is 4. The molecule has 55 heavy (non-hydrogen) atoms. The van der Waals surface area contributed by atoms with Crippen LogP contribution in [0.25, 0.3) is 10.9 Å². The van der Waals surface area contributed by atoms with Gasteiger partial charge in [0.1, 0.15) is 34.8 Å². The highest BCUT2D eigenvalue weighted by atomic mass is 32.2. The fourth-order valence-electron chi connectivity index (χ4n) is 8.46. The quantitative estimate of drug-likeness (QED) is 0.346. The zero-order chi connectivity index (χ0) is 39.3. The van der Waals surface area contributed by atoms with Crippen LogP contribution < -0.4 is 20.1 Å². The average molecular weight is 782 g/mol. The maximum atomic E-state index is 14.7. The Hall–Kier alpha value is -4.27. The minimum Gasteiger partial charge on any atom is -0.483 e. The second-order valence-electron chi connectivity index (χ2n) is 16.9. The monoisotopic (exact) mass is 781 g/mol. The van der Waals surface area contributed by atoms with E-state index in [1.54, 1.807) is 19.9 Å². The van der Waals surface area contributed by atoms with Crippen molar-refractivity contribution in [3.8, 4) is 5.75 Å². The highest BCUT2D eigenvalue weighted by molar-refractivity contribution is 7.91. The van der Waals surface area contributed by atoms with Gasteiger partial charge in [-0.3, -0.25) is 19.1 Å². The molecule has 2 aliphatic carbocycles. The van der Waals surface area contributed by atoms with Gasteiger partial charge < -0.3 is 25.0 Å². The molecular formula is C40H52FN5O8S. The van der Waals surface area contributed by atoms with E-state index in [1.165, 1.54) is 17.0 Å². The first-order valence-electron chi connectivity index (χ1n) is 19.6. The first-order valence-corrected chi connectivity index (χ1v) is 21.1. The van der Waals surface area contributed by atoms with Crippen LogP contribution in [0.15, 0.2) is 30.4 Å². The number of sulfonamides is 1. The minimum absolute atomic E-state index is 0.00152. The van der Waals surface area contributed by atoms with Gasteiger partial charge >= 0.3 is 6.09 Å². The highest BCUT2D eigenvalue weighted by Gasteiger charge is 2.59. The number of benzene rings is 1. The molecule has 5 aliphatic rings. The van der Waals surface area contributed by atoms with Gasteiger partial charge in [0.15, 0.2) is 0 Å². The number of rotatable bonds is 6. The van der Waals surface area contributed by atoms with Gasteiger partial charge in [-0.2, -0.15) is 0 Å². The zero-order valence-corrected chi connectivity index (χ0v) is 32.9. The molecule has 0 bridgehead atoms. The molecule has 3 N–H and O–H groups in total. The summed E-state index contributed by atoms with van der Waals surface area (Å²) >= 11 is 0. The molecule has 5 unspecified atom stereocenters. The van der Waals surface area contributed by atoms with Crippen molar-refractivity contribution in [3.05, 3.63) is 47.4 Å². The predicted octanol–water partition coefficient (Wildman–Crippen LogP) is 4.88. The van der Waals surface area contributed by atoms with Gasteiger partial charge in [-0.25, -0.2) is 22.6 Å². The predicted molar refractivity (Wildman–Crippen MR) is 202 cm³/mol. The van der Waals surface area contributed by atoms with Crippen LogP contribution >= 0.6 is 0 Å². The van der Waals surface area contributed by atoms with Crippen molar-refractivity contribution < 1.29 is 41.5 Å². The van der Waals surface area contributed by atoms with Crippen LogP contribution in [0.1, 0.15) is 103 Å². The van der Waals surface area contributed by atoms with Crippen molar-refractivity contribution >= 4 is 44.7 Å². The van der Waals surface area contributed by atoms with Crippen molar-refractivity contribution in [3.63, 3.8) is 0 Å². The largest absolute Gasteiger partial charge is 0.483 e. The number of hydrogen-bond acceptors (Lipinski definition) is 9. The van der Waals surface area contributed by atoms with E-state index in [9.17, 15) is 32.0 Å². The van der Waals surface area contributed by atoms with Crippen LogP contribution in [0.3, 0.4) is 0 Å². The number of carbonyl (C=O) groups excluding carboxylic acids is 4. The molecule has 15 heteroatoms. The summed E-state index contributed by atoms with van der Waals surface area (Å²) in [6, 6.07) is 2.29. The number of nitrogens with zero attached hydrogens (tertiary/aromatic N) is 2. The SMILES string of the molecule is Cc1nc2ccc(F)cc2c2c1OC1(CC2)CC2C(=O)NC3(C(=O)NS(=O)(=O)C4(C)CC4)CCC3C=CCCCCCC(NC(=O)OCC(C)C)C(=O)N2C1. The summed E-state index contributed by atoms with van der Waals surface area (Å²) < 4.78 is 54.4. The first-order chi connectivity index (χ1) is 26.1. The molecule has 5 atom stereocenters. The summed E-state index contributed by atoms with van der Waals surface area (Å²) in [6.07, 6.45) is 8.85. The van der Waals surface area contributed by atoms with Gasteiger partial charge in [-0.15, -0.1) is 0 Å². The third-order valence-corrected chi connectivity index (χ3v) is 14.4. The molecule has 298 valence electrons. The normalized spacial score (nSPS) is 29.1. The Kier molecular flexibility index (Phi) is 10.4. The number of fused-ring (bicyclic) bond motifs is 5. The standard InChI is InChI=1S/C40H52FN5O8S/c1-24(2)22-53-37(50)43-31-11-9-7-5-6-8-10-26-14-17-40(26,36(49)45-55(51,52)38(4)18-19-38)44-34(47)32-21-39(23-46(32)35(31)48)16-15-28-29-20-27(41)12-13-30(29)42-25(3)33(28)54-39/h8,10,12-13,20,24,26,31-32H,5-7,9,11,14-19,21-23H2,1-4H3,(H,43,50)(H,44,47)(H,45,49). The molecule has 3 aliphatic heterocycles.